The van der Waals surface area contributed by atoms with Crippen molar-refractivity contribution >= 4 is 90.6 Å². The number of nitrogens with two attached hydrogens (primary N) is 3. The van der Waals surface area contributed by atoms with Crippen molar-refractivity contribution in [3.05, 3.63) is 0 Å². The maximum atomic E-state index is 11.6. The summed E-state index contributed by atoms with van der Waals surface area (Å²) in [4.78, 5) is 85.2. The molecular formula is C21H40K2N5O13P2S2+. The summed E-state index contributed by atoms with van der Waals surface area (Å²) in [7, 11) is 5.11. The average Bonchev–Trinajstić information content (AvgIpc) is 2.95. The zero-order valence-corrected chi connectivity index (χ0v) is 35.1. The zero-order valence-electron chi connectivity index (χ0n) is 24.9. The first-order valence-corrected chi connectivity index (χ1v) is 15.5. The minimum absolute atomic E-state index is 0. The van der Waals surface area contributed by atoms with Gasteiger partial charge in [0.1, 0.15) is 18.1 Å². The standard InChI is InChI=1S/C11H18N2O6S.C8H14N2O5S.C2H5NO2.2K.H3P2/c12-6(11(18)19)1-3-9(15)13-7(5-20)8(14)2-4-10(16)17;9-4(7(12)13)1-2-6(11)10-5(3-16)8(14)15;3-1-2(4)5;;;1-2/h6-7,20H,1-5,12H2,(H,13,15)(H,16,17)(H,18,19);4-5,16H,1-3,9H2,(H,10,11)(H,12,13)(H,14,15);1,3H2,(H,4,5);;;1H,2H2/q;;;2*+1;-1/t6-,7-;4-,5-;;;;/m00..../s1. The second-order valence-electron chi connectivity index (χ2n) is 7.87. The van der Waals surface area contributed by atoms with Crippen LogP contribution in [0.3, 0.4) is 0 Å². The molecule has 0 aromatic rings. The second kappa shape index (κ2) is 37.5. The first kappa shape index (κ1) is 57.9. The number of thiol groups is 2. The molecule has 0 aliphatic rings. The molecule has 5 atom stereocenters. The number of hydrogen-bond acceptors (Lipinski definition) is 13. The van der Waals surface area contributed by atoms with Crippen LogP contribution >= 0.6 is 43.1 Å². The van der Waals surface area contributed by atoms with Gasteiger partial charge in [-0.15, -0.1) is 0 Å². The molecule has 0 saturated carbocycles. The number of amides is 2. The zero-order chi connectivity index (χ0) is 34.7. The Morgan fingerprint density at radius 3 is 1.20 bits per heavy atom. The quantitative estimate of drug-likeness (QED) is 0.0349. The van der Waals surface area contributed by atoms with Crippen molar-refractivity contribution in [3.8, 4) is 0 Å². The van der Waals surface area contributed by atoms with Gasteiger partial charge in [0.2, 0.25) is 11.8 Å². The van der Waals surface area contributed by atoms with Gasteiger partial charge in [-0.3, -0.25) is 33.6 Å². The minimum Gasteiger partial charge on any atom is -0.533 e. The maximum absolute atomic E-state index is 11.6. The number of carbonyl (C=O) groups is 8. The molecule has 45 heavy (non-hydrogen) atoms. The summed E-state index contributed by atoms with van der Waals surface area (Å²) in [6, 6.07) is -4.22. The van der Waals surface area contributed by atoms with Gasteiger partial charge in [0.25, 0.3) is 0 Å². The van der Waals surface area contributed by atoms with E-state index in [-0.39, 0.29) is 159 Å². The van der Waals surface area contributed by atoms with E-state index in [9.17, 15) is 38.4 Å². The smallest absolute Gasteiger partial charge is 0.533 e. The first-order valence-electron chi connectivity index (χ1n) is 11.9. The summed E-state index contributed by atoms with van der Waals surface area (Å²) in [5, 5.41) is 46.2. The number of rotatable bonds is 18. The van der Waals surface area contributed by atoms with Crippen LogP contribution in [0.25, 0.3) is 0 Å². The largest absolute Gasteiger partial charge is 1.00 e. The average molecular weight is 775 g/mol. The predicted molar refractivity (Wildman–Crippen MR) is 165 cm³/mol. The number of carboxylic acid groups (broad SMARTS) is 5. The molecule has 18 nitrogen and oxygen atoms in total. The molecule has 24 heteroatoms. The summed E-state index contributed by atoms with van der Waals surface area (Å²) in [5.74, 6) is -7.18. The van der Waals surface area contributed by atoms with Crippen molar-refractivity contribution in [1.29, 1.82) is 0 Å². The molecule has 0 bridgehead atoms. The Morgan fingerprint density at radius 1 is 0.622 bits per heavy atom. The number of carbonyl (C=O) groups excluding carboxylic acids is 3. The van der Waals surface area contributed by atoms with Gasteiger partial charge in [0.15, 0.2) is 5.78 Å². The van der Waals surface area contributed by atoms with E-state index in [0.717, 1.165) is 0 Å². The Kier molecular flexibility index (Phi) is 48.2. The third-order valence-corrected chi connectivity index (χ3v) is 5.21. The molecule has 0 saturated heterocycles. The van der Waals surface area contributed by atoms with Crippen LogP contribution in [0.2, 0.25) is 0 Å². The number of hydrogen-bond donors (Lipinski definition) is 12. The topological polar surface area (TPSA) is 340 Å². The fourth-order valence-electron chi connectivity index (χ4n) is 2.17. The molecule has 0 spiro atoms. The number of nitrogens with one attached hydrogen (secondary N) is 2. The van der Waals surface area contributed by atoms with E-state index in [1.165, 1.54) is 0 Å². The van der Waals surface area contributed by atoms with Crippen LogP contribution in [0.15, 0.2) is 0 Å². The molecule has 0 heterocycles. The second-order valence-corrected chi connectivity index (χ2v) is 8.60. The van der Waals surface area contributed by atoms with Crippen LogP contribution in [0, 0.1) is 0 Å². The molecule has 0 fully saturated rings. The summed E-state index contributed by atoms with van der Waals surface area (Å²) in [5.41, 5.74) is 15.0. The summed E-state index contributed by atoms with van der Waals surface area (Å²) in [6.07, 6.45) is -0.878. The third-order valence-electron chi connectivity index (χ3n) is 4.48. The summed E-state index contributed by atoms with van der Waals surface area (Å²) < 4.78 is 0. The molecule has 0 aliphatic heterocycles. The van der Waals surface area contributed by atoms with Crippen molar-refractivity contribution in [2.24, 2.45) is 17.2 Å². The summed E-state index contributed by atoms with van der Waals surface area (Å²) in [6.45, 7) is -0.278. The van der Waals surface area contributed by atoms with E-state index < -0.39 is 71.6 Å². The van der Waals surface area contributed by atoms with Gasteiger partial charge in [0, 0.05) is 30.8 Å². The SMILES string of the molecule is NCC(=O)O.N[C@@H](CCC(=O)N[C@@H](CS)C(=O)CCC(=O)O)C(=O)O.N[C@@H](CCC(=O)N[C@@H](CS)C(=O)O)C(=O)O.[K+].[K+].[PH-]P. The monoisotopic (exact) mass is 774 g/mol. The van der Waals surface area contributed by atoms with Gasteiger partial charge in [0.05, 0.1) is 19.0 Å². The molecule has 0 aromatic heterocycles. The molecular weight excluding hydrogens is 735 g/mol. The molecule has 0 aliphatic carbocycles. The third kappa shape index (κ3) is 39.0. The van der Waals surface area contributed by atoms with Crippen LogP contribution in [-0.2, 0) is 38.4 Å². The van der Waals surface area contributed by atoms with Gasteiger partial charge in [-0.1, -0.05) is 0 Å². The Balaban J connectivity index is -0.000000137. The number of Topliss-reactive ketones (excluding diaryl/α,β-unsaturated/α-hetero) is 1. The van der Waals surface area contributed by atoms with Crippen LogP contribution in [0.5, 0.6) is 0 Å². The summed E-state index contributed by atoms with van der Waals surface area (Å²) >= 11 is 7.67. The molecule has 0 aromatic carbocycles. The molecule has 0 radical (unpaired) electrons. The van der Waals surface area contributed by atoms with Gasteiger partial charge in [-0.2, -0.15) is 25.3 Å². The van der Waals surface area contributed by atoms with Gasteiger partial charge < -0.3 is 71.2 Å². The Morgan fingerprint density at radius 2 is 0.956 bits per heavy atom. The molecule has 2 amide bonds. The molecule has 250 valence electrons. The van der Waals surface area contributed by atoms with Gasteiger partial charge in [-0.05, 0) is 12.8 Å². The van der Waals surface area contributed by atoms with E-state index in [4.69, 9.17) is 37.0 Å². The number of ketones is 1. The van der Waals surface area contributed by atoms with Crippen LogP contribution < -0.4 is 131 Å². The maximum Gasteiger partial charge on any atom is 1.00 e. The van der Waals surface area contributed by atoms with Crippen LogP contribution in [0.1, 0.15) is 38.5 Å². The number of aliphatic carboxylic acids is 5. The Hall–Kier alpha value is 0.673. The van der Waals surface area contributed by atoms with Crippen molar-refractivity contribution in [2.45, 2.75) is 62.7 Å². The van der Waals surface area contributed by atoms with Crippen molar-refractivity contribution in [1.82, 2.24) is 10.6 Å². The minimum atomic E-state index is -1.21. The fourth-order valence-corrected chi connectivity index (χ4v) is 2.71. The first-order chi connectivity index (χ1) is 19.9. The van der Waals surface area contributed by atoms with Crippen LogP contribution in [0.4, 0.5) is 0 Å². The molecule has 0 rings (SSSR count). The normalized spacial score (nSPS) is 11.8. The van der Waals surface area contributed by atoms with Crippen LogP contribution in [-0.4, -0.2) is 115 Å². The van der Waals surface area contributed by atoms with E-state index in [1.807, 2.05) is 0 Å². The van der Waals surface area contributed by atoms with E-state index in [1.54, 1.807) is 0 Å². The fraction of sp³-hybridized carbons (Fsp3) is 0.619. The van der Waals surface area contributed by atoms with Crippen molar-refractivity contribution in [3.63, 3.8) is 0 Å². The molecule has 13 N–H and O–H groups in total. The predicted octanol–water partition coefficient (Wildman–Crippen LogP) is -8.34. The van der Waals surface area contributed by atoms with Gasteiger partial charge in [-0.25, -0.2) is 4.79 Å². The van der Waals surface area contributed by atoms with Gasteiger partial charge >= 0.3 is 133 Å². The Bertz CT molecular complexity index is 930. The van der Waals surface area contributed by atoms with E-state index >= 15 is 0 Å². The molecule has 1 unspecified atom stereocenters. The number of carboxylic acids is 5. The van der Waals surface area contributed by atoms with Crippen molar-refractivity contribution in [2.75, 3.05) is 18.1 Å². The van der Waals surface area contributed by atoms with E-state index in [2.05, 4.69) is 59.5 Å². The van der Waals surface area contributed by atoms with Crippen molar-refractivity contribution < 1.29 is 167 Å². The Labute approximate surface area is 360 Å². The van der Waals surface area contributed by atoms with E-state index in [0.29, 0.717) is 0 Å².